The SMILES string of the molecule is N#CCCCCNc1ccc(F)c(Br)c1. The van der Waals surface area contributed by atoms with Gasteiger partial charge in [-0.2, -0.15) is 5.26 Å². The minimum atomic E-state index is -0.259. The number of nitrogens with one attached hydrogen (secondary N) is 1. The maximum atomic E-state index is 12.9. The van der Waals surface area contributed by atoms with E-state index in [2.05, 4.69) is 27.3 Å². The summed E-state index contributed by atoms with van der Waals surface area (Å²) in [5, 5.41) is 11.5. The van der Waals surface area contributed by atoms with E-state index in [0.717, 1.165) is 25.1 Å². The summed E-state index contributed by atoms with van der Waals surface area (Å²) in [5.74, 6) is -0.259. The van der Waals surface area contributed by atoms with Crippen LogP contribution in [-0.2, 0) is 0 Å². The first-order chi connectivity index (χ1) is 7.24. The lowest BCUT2D eigenvalue weighted by Crippen LogP contribution is -2.01. The molecule has 0 aliphatic rings. The van der Waals surface area contributed by atoms with Crippen molar-refractivity contribution in [1.29, 1.82) is 5.26 Å². The smallest absolute Gasteiger partial charge is 0.137 e. The molecule has 0 aliphatic heterocycles. The van der Waals surface area contributed by atoms with Crippen molar-refractivity contribution in [2.45, 2.75) is 19.3 Å². The van der Waals surface area contributed by atoms with Gasteiger partial charge in [0.05, 0.1) is 10.5 Å². The topological polar surface area (TPSA) is 35.8 Å². The van der Waals surface area contributed by atoms with E-state index in [0.29, 0.717) is 10.9 Å². The Morgan fingerprint density at radius 3 is 2.87 bits per heavy atom. The molecule has 0 fully saturated rings. The fourth-order valence-electron chi connectivity index (χ4n) is 1.17. The van der Waals surface area contributed by atoms with Crippen molar-refractivity contribution in [2.24, 2.45) is 0 Å². The van der Waals surface area contributed by atoms with Crippen molar-refractivity contribution in [2.75, 3.05) is 11.9 Å². The Hall–Kier alpha value is -1.08. The minimum absolute atomic E-state index is 0.259. The van der Waals surface area contributed by atoms with Gasteiger partial charge in [-0.3, -0.25) is 0 Å². The standard InChI is InChI=1S/C11H12BrFN2/c12-10-8-9(4-5-11(10)13)15-7-3-1-2-6-14/h4-5,8,15H,1-3,7H2. The van der Waals surface area contributed by atoms with Crippen molar-refractivity contribution in [3.63, 3.8) is 0 Å². The van der Waals surface area contributed by atoms with Gasteiger partial charge in [0.1, 0.15) is 5.82 Å². The Kier molecular flexibility index (Phi) is 5.13. The minimum Gasteiger partial charge on any atom is -0.385 e. The number of nitriles is 1. The van der Waals surface area contributed by atoms with Crippen molar-refractivity contribution in [3.05, 3.63) is 28.5 Å². The second-order valence-corrected chi connectivity index (χ2v) is 4.03. The van der Waals surface area contributed by atoms with E-state index in [1.165, 1.54) is 6.07 Å². The summed E-state index contributed by atoms with van der Waals surface area (Å²) >= 11 is 3.12. The van der Waals surface area contributed by atoms with Gasteiger partial charge in [0.2, 0.25) is 0 Å². The molecule has 4 heteroatoms. The van der Waals surface area contributed by atoms with Crippen molar-refractivity contribution >= 4 is 21.6 Å². The number of benzene rings is 1. The molecule has 1 aromatic carbocycles. The lowest BCUT2D eigenvalue weighted by Gasteiger charge is -2.06. The maximum absolute atomic E-state index is 12.9. The summed E-state index contributed by atoms with van der Waals surface area (Å²) in [6.07, 6.45) is 2.43. The van der Waals surface area contributed by atoms with Crippen LogP contribution in [0.2, 0.25) is 0 Å². The van der Waals surface area contributed by atoms with E-state index in [1.807, 2.05) is 0 Å². The zero-order chi connectivity index (χ0) is 11.1. The molecule has 0 saturated carbocycles. The van der Waals surface area contributed by atoms with E-state index in [1.54, 1.807) is 12.1 Å². The van der Waals surface area contributed by atoms with Crippen LogP contribution in [0, 0.1) is 17.1 Å². The highest BCUT2D eigenvalue weighted by Crippen LogP contribution is 2.19. The highest BCUT2D eigenvalue weighted by atomic mass is 79.9. The fourth-order valence-corrected chi connectivity index (χ4v) is 1.55. The average Bonchev–Trinajstić information content (AvgIpc) is 2.23. The first-order valence-corrected chi connectivity index (χ1v) is 5.59. The third-order valence-corrected chi connectivity index (χ3v) is 2.57. The van der Waals surface area contributed by atoms with Crippen molar-refractivity contribution < 1.29 is 4.39 Å². The predicted molar refractivity (Wildman–Crippen MR) is 62.1 cm³/mol. The first kappa shape index (κ1) is 12.0. The van der Waals surface area contributed by atoms with Crippen LogP contribution in [0.4, 0.5) is 10.1 Å². The van der Waals surface area contributed by atoms with Crippen LogP contribution >= 0.6 is 15.9 Å². The number of nitrogens with zero attached hydrogens (tertiary/aromatic N) is 1. The number of rotatable bonds is 5. The molecule has 2 nitrogen and oxygen atoms in total. The van der Waals surface area contributed by atoms with Crippen LogP contribution in [0.15, 0.2) is 22.7 Å². The molecule has 0 radical (unpaired) electrons. The molecule has 1 N–H and O–H groups in total. The molecule has 0 amide bonds. The Morgan fingerprint density at radius 2 is 2.20 bits per heavy atom. The van der Waals surface area contributed by atoms with Gasteiger partial charge in [-0.15, -0.1) is 0 Å². The van der Waals surface area contributed by atoms with Gasteiger partial charge in [-0.1, -0.05) is 0 Å². The molecule has 80 valence electrons. The van der Waals surface area contributed by atoms with Crippen LogP contribution in [-0.4, -0.2) is 6.54 Å². The predicted octanol–water partition coefficient (Wildman–Crippen LogP) is 3.69. The van der Waals surface area contributed by atoms with E-state index < -0.39 is 0 Å². The molecule has 0 aliphatic carbocycles. The number of hydrogen-bond acceptors (Lipinski definition) is 2. The van der Waals surface area contributed by atoms with Crippen LogP contribution in [0.5, 0.6) is 0 Å². The van der Waals surface area contributed by atoms with Crippen molar-refractivity contribution in [3.8, 4) is 6.07 Å². The molecule has 0 atom stereocenters. The third kappa shape index (κ3) is 4.30. The maximum Gasteiger partial charge on any atom is 0.137 e. The Balaban J connectivity index is 2.32. The van der Waals surface area contributed by atoms with E-state index in [9.17, 15) is 4.39 Å². The molecule has 0 saturated heterocycles. The first-order valence-electron chi connectivity index (χ1n) is 4.80. The second kappa shape index (κ2) is 6.41. The summed E-state index contributed by atoms with van der Waals surface area (Å²) in [7, 11) is 0. The van der Waals surface area contributed by atoms with E-state index >= 15 is 0 Å². The van der Waals surface area contributed by atoms with Gasteiger partial charge in [0.15, 0.2) is 0 Å². The molecule has 1 aromatic rings. The Bertz CT molecular complexity index is 360. The third-order valence-electron chi connectivity index (χ3n) is 1.96. The van der Waals surface area contributed by atoms with Crippen molar-refractivity contribution in [1.82, 2.24) is 0 Å². The van der Waals surface area contributed by atoms with Gasteiger partial charge in [-0.05, 0) is 47.0 Å². The second-order valence-electron chi connectivity index (χ2n) is 3.17. The molecule has 1 rings (SSSR count). The molecule has 0 unspecified atom stereocenters. The monoisotopic (exact) mass is 270 g/mol. The van der Waals surface area contributed by atoms with E-state index in [4.69, 9.17) is 5.26 Å². The molecular formula is C11H12BrFN2. The fraction of sp³-hybridized carbons (Fsp3) is 0.364. The van der Waals surface area contributed by atoms with Crippen LogP contribution < -0.4 is 5.32 Å². The largest absolute Gasteiger partial charge is 0.385 e. The van der Waals surface area contributed by atoms with Crippen LogP contribution in [0.3, 0.4) is 0 Å². The summed E-state index contributed by atoms with van der Waals surface area (Å²) in [6.45, 7) is 0.805. The van der Waals surface area contributed by atoms with Gasteiger partial charge >= 0.3 is 0 Å². The zero-order valence-corrected chi connectivity index (χ0v) is 9.85. The number of hydrogen-bond donors (Lipinski definition) is 1. The number of halogens is 2. The lowest BCUT2D eigenvalue weighted by atomic mass is 10.2. The molecule has 0 aromatic heterocycles. The summed E-state index contributed by atoms with van der Waals surface area (Å²) in [5.41, 5.74) is 0.889. The quantitative estimate of drug-likeness (QED) is 0.829. The molecule has 0 heterocycles. The summed E-state index contributed by atoms with van der Waals surface area (Å²) in [6, 6.07) is 6.92. The molecule has 15 heavy (non-hydrogen) atoms. The molecule has 0 spiro atoms. The van der Waals surface area contributed by atoms with E-state index in [-0.39, 0.29) is 5.82 Å². The zero-order valence-electron chi connectivity index (χ0n) is 8.26. The highest BCUT2D eigenvalue weighted by molar-refractivity contribution is 9.10. The summed E-state index contributed by atoms with van der Waals surface area (Å²) < 4.78 is 13.3. The molecule has 0 bridgehead atoms. The Morgan fingerprint density at radius 1 is 1.40 bits per heavy atom. The van der Waals surface area contributed by atoms with Gasteiger partial charge in [0, 0.05) is 18.7 Å². The van der Waals surface area contributed by atoms with Gasteiger partial charge in [0.25, 0.3) is 0 Å². The van der Waals surface area contributed by atoms with Crippen LogP contribution in [0.25, 0.3) is 0 Å². The normalized spacial score (nSPS) is 9.67. The lowest BCUT2D eigenvalue weighted by molar-refractivity contribution is 0.621. The highest BCUT2D eigenvalue weighted by Gasteiger charge is 1.99. The summed E-state index contributed by atoms with van der Waals surface area (Å²) in [4.78, 5) is 0. The van der Waals surface area contributed by atoms with Gasteiger partial charge in [-0.25, -0.2) is 4.39 Å². The van der Waals surface area contributed by atoms with Gasteiger partial charge < -0.3 is 5.32 Å². The average molecular weight is 271 g/mol. The number of anilines is 1. The van der Waals surface area contributed by atoms with Crippen LogP contribution in [0.1, 0.15) is 19.3 Å². The molecular weight excluding hydrogens is 259 g/mol. The Labute approximate surface area is 97.2 Å². The number of unbranched alkanes of at least 4 members (excludes halogenated alkanes) is 2.